The maximum atomic E-state index is 12.7. The topological polar surface area (TPSA) is 46.3 Å². The lowest BCUT2D eigenvalue weighted by Gasteiger charge is -2.25. The van der Waals surface area contributed by atoms with E-state index in [1.807, 2.05) is 47.4 Å². The van der Waals surface area contributed by atoms with Gasteiger partial charge in [0.25, 0.3) is 0 Å². The summed E-state index contributed by atoms with van der Waals surface area (Å²) in [6.07, 6.45) is 4.20. The maximum Gasteiger partial charge on any atom is 0.246 e. The van der Waals surface area contributed by atoms with Gasteiger partial charge in [-0.15, -0.1) is 0 Å². The SMILES string of the molecule is CC(C)c1ccc(/C=C/C(=O)N2CCc3noc(-c4ccc(Cl)cc4)c3C2)cc1. The summed E-state index contributed by atoms with van der Waals surface area (Å²) in [7, 11) is 0. The highest BCUT2D eigenvalue weighted by Crippen LogP contribution is 2.31. The monoisotopic (exact) mass is 406 g/mol. The van der Waals surface area contributed by atoms with Crippen LogP contribution in [0, 0.1) is 0 Å². The number of carbonyl (C=O) groups excluding carboxylic acids is 1. The van der Waals surface area contributed by atoms with E-state index in [1.165, 1.54) is 5.56 Å². The van der Waals surface area contributed by atoms with Crippen LogP contribution in [0.4, 0.5) is 0 Å². The number of fused-ring (bicyclic) bond motifs is 1. The van der Waals surface area contributed by atoms with E-state index in [4.69, 9.17) is 16.1 Å². The molecule has 5 heteroatoms. The summed E-state index contributed by atoms with van der Waals surface area (Å²) in [5.74, 6) is 1.20. The molecule has 4 rings (SSSR count). The van der Waals surface area contributed by atoms with Gasteiger partial charge in [0, 0.05) is 35.2 Å². The number of hydrogen-bond acceptors (Lipinski definition) is 3. The van der Waals surface area contributed by atoms with Gasteiger partial charge in [-0.3, -0.25) is 4.79 Å². The van der Waals surface area contributed by atoms with Crippen LogP contribution in [0.2, 0.25) is 5.02 Å². The van der Waals surface area contributed by atoms with Gasteiger partial charge in [0.1, 0.15) is 0 Å². The Labute approximate surface area is 175 Å². The van der Waals surface area contributed by atoms with Crippen LogP contribution in [0.5, 0.6) is 0 Å². The molecule has 0 spiro atoms. The largest absolute Gasteiger partial charge is 0.356 e. The van der Waals surface area contributed by atoms with Gasteiger partial charge in [0.05, 0.1) is 12.2 Å². The molecular formula is C24H23ClN2O2. The molecule has 1 aliphatic rings. The molecule has 3 aromatic rings. The van der Waals surface area contributed by atoms with Crippen molar-refractivity contribution in [3.63, 3.8) is 0 Å². The summed E-state index contributed by atoms with van der Waals surface area (Å²) in [6.45, 7) is 5.46. The average Bonchev–Trinajstić information content (AvgIpc) is 3.16. The Morgan fingerprint density at radius 1 is 1.14 bits per heavy atom. The van der Waals surface area contributed by atoms with E-state index >= 15 is 0 Å². The molecule has 1 aromatic heterocycles. The Morgan fingerprint density at radius 2 is 1.86 bits per heavy atom. The Kier molecular flexibility index (Phi) is 5.54. The van der Waals surface area contributed by atoms with Crippen LogP contribution in [0.25, 0.3) is 17.4 Å². The number of halogens is 1. The summed E-state index contributed by atoms with van der Waals surface area (Å²) in [4.78, 5) is 14.6. The van der Waals surface area contributed by atoms with E-state index in [1.54, 1.807) is 6.08 Å². The van der Waals surface area contributed by atoms with Crippen LogP contribution in [0.1, 0.15) is 42.1 Å². The number of amides is 1. The maximum absolute atomic E-state index is 12.7. The highest BCUT2D eigenvalue weighted by molar-refractivity contribution is 6.30. The Morgan fingerprint density at radius 3 is 2.55 bits per heavy atom. The highest BCUT2D eigenvalue weighted by Gasteiger charge is 2.26. The van der Waals surface area contributed by atoms with Gasteiger partial charge in [-0.2, -0.15) is 0 Å². The van der Waals surface area contributed by atoms with Crippen molar-refractivity contribution in [3.8, 4) is 11.3 Å². The van der Waals surface area contributed by atoms with Crippen molar-refractivity contribution < 1.29 is 9.32 Å². The van der Waals surface area contributed by atoms with Crippen LogP contribution in [-0.2, 0) is 17.8 Å². The van der Waals surface area contributed by atoms with Gasteiger partial charge < -0.3 is 9.42 Å². The molecule has 0 atom stereocenters. The van der Waals surface area contributed by atoms with Gasteiger partial charge >= 0.3 is 0 Å². The van der Waals surface area contributed by atoms with Crippen molar-refractivity contribution in [2.45, 2.75) is 32.7 Å². The van der Waals surface area contributed by atoms with Crippen molar-refractivity contribution in [1.82, 2.24) is 10.1 Å². The van der Waals surface area contributed by atoms with Crippen LogP contribution in [-0.4, -0.2) is 22.5 Å². The molecule has 0 bridgehead atoms. The van der Waals surface area contributed by atoms with E-state index in [2.05, 4.69) is 31.1 Å². The second-order valence-electron chi connectivity index (χ2n) is 7.61. The number of benzene rings is 2. The smallest absolute Gasteiger partial charge is 0.246 e. The number of aromatic nitrogens is 1. The molecule has 0 saturated carbocycles. The first kappa shape index (κ1) is 19.5. The average molecular weight is 407 g/mol. The third-order valence-corrected chi connectivity index (χ3v) is 5.53. The zero-order valence-corrected chi connectivity index (χ0v) is 17.3. The minimum atomic E-state index is -0.00755. The standard InChI is InChI=1S/C24H23ClN2O2/c1-16(2)18-6-3-17(4-7-18)5-12-23(28)27-14-13-22-21(15-27)24(29-26-22)19-8-10-20(25)11-9-19/h3-12,16H,13-15H2,1-2H3/b12-5+. The van der Waals surface area contributed by atoms with Crippen molar-refractivity contribution >= 4 is 23.6 Å². The second-order valence-corrected chi connectivity index (χ2v) is 8.04. The third kappa shape index (κ3) is 4.28. The summed E-state index contributed by atoms with van der Waals surface area (Å²) < 4.78 is 5.58. The summed E-state index contributed by atoms with van der Waals surface area (Å²) in [6, 6.07) is 15.8. The van der Waals surface area contributed by atoms with Crippen LogP contribution >= 0.6 is 11.6 Å². The first-order valence-corrected chi connectivity index (χ1v) is 10.2. The Balaban J connectivity index is 1.48. The zero-order valence-electron chi connectivity index (χ0n) is 16.6. The predicted molar refractivity (Wildman–Crippen MR) is 116 cm³/mol. The van der Waals surface area contributed by atoms with E-state index in [0.29, 0.717) is 36.2 Å². The fourth-order valence-corrected chi connectivity index (χ4v) is 3.62. The van der Waals surface area contributed by atoms with Gasteiger partial charge in [0.2, 0.25) is 5.91 Å². The quantitative estimate of drug-likeness (QED) is 0.521. The summed E-state index contributed by atoms with van der Waals surface area (Å²) in [5, 5.41) is 4.87. The van der Waals surface area contributed by atoms with E-state index < -0.39 is 0 Å². The third-order valence-electron chi connectivity index (χ3n) is 5.28. The van der Waals surface area contributed by atoms with Crippen LogP contribution < -0.4 is 0 Å². The molecule has 148 valence electrons. The van der Waals surface area contributed by atoms with Gasteiger partial charge in [-0.05, 0) is 47.4 Å². The lowest BCUT2D eigenvalue weighted by atomic mass is 10.0. The molecule has 1 amide bonds. The second kappa shape index (κ2) is 8.26. The van der Waals surface area contributed by atoms with E-state index in [0.717, 1.165) is 22.4 Å². The van der Waals surface area contributed by atoms with Gasteiger partial charge in [-0.25, -0.2) is 0 Å². The van der Waals surface area contributed by atoms with Crippen LogP contribution in [0.15, 0.2) is 59.1 Å². The molecule has 2 heterocycles. The predicted octanol–water partition coefficient (Wildman–Crippen LogP) is 5.72. The number of carbonyl (C=O) groups is 1. The molecule has 0 aliphatic carbocycles. The number of rotatable bonds is 4. The van der Waals surface area contributed by atoms with Crippen molar-refractivity contribution in [1.29, 1.82) is 0 Å². The molecule has 0 fully saturated rings. The highest BCUT2D eigenvalue weighted by atomic mass is 35.5. The molecule has 0 radical (unpaired) electrons. The molecule has 2 aromatic carbocycles. The molecule has 1 aliphatic heterocycles. The van der Waals surface area contributed by atoms with Gasteiger partial charge in [0.15, 0.2) is 5.76 Å². The molecular weight excluding hydrogens is 384 g/mol. The minimum absolute atomic E-state index is 0.00755. The molecule has 29 heavy (non-hydrogen) atoms. The molecule has 4 nitrogen and oxygen atoms in total. The van der Waals surface area contributed by atoms with Gasteiger partial charge in [-0.1, -0.05) is 54.9 Å². The zero-order chi connectivity index (χ0) is 20.4. The van der Waals surface area contributed by atoms with E-state index in [-0.39, 0.29) is 5.91 Å². The minimum Gasteiger partial charge on any atom is -0.356 e. The Hall–Kier alpha value is -2.85. The summed E-state index contributed by atoms with van der Waals surface area (Å²) in [5.41, 5.74) is 5.12. The fraction of sp³-hybridized carbons (Fsp3) is 0.250. The van der Waals surface area contributed by atoms with Crippen molar-refractivity contribution in [2.24, 2.45) is 0 Å². The first-order chi connectivity index (χ1) is 14.0. The normalized spacial score (nSPS) is 13.9. The van der Waals surface area contributed by atoms with Crippen molar-refractivity contribution in [2.75, 3.05) is 6.54 Å². The Bertz CT molecular complexity index is 1030. The fourth-order valence-electron chi connectivity index (χ4n) is 3.49. The lowest BCUT2D eigenvalue weighted by molar-refractivity contribution is -0.126. The first-order valence-electron chi connectivity index (χ1n) is 9.81. The lowest BCUT2D eigenvalue weighted by Crippen LogP contribution is -2.34. The molecule has 0 N–H and O–H groups in total. The van der Waals surface area contributed by atoms with E-state index in [9.17, 15) is 4.79 Å². The molecule has 0 unspecified atom stereocenters. The molecule has 0 saturated heterocycles. The number of nitrogens with zero attached hydrogens (tertiary/aromatic N) is 2. The van der Waals surface area contributed by atoms with Crippen molar-refractivity contribution in [3.05, 3.63) is 82.0 Å². The summed E-state index contributed by atoms with van der Waals surface area (Å²) >= 11 is 5.98. The number of hydrogen-bond donors (Lipinski definition) is 0. The van der Waals surface area contributed by atoms with Crippen LogP contribution in [0.3, 0.4) is 0 Å².